The lowest BCUT2D eigenvalue weighted by molar-refractivity contribution is -0.137. The van der Waals surface area contributed by atoms with Crippen molar-refractivity contribution in [1.29, 1.82) is 5.26 Å². The van der Waals surface area contributed by atoms with Crippen molar-refractivity contribution < 1.29 is 31.9 Å². The maximum atomic E-state index is 15.4. The molecule has 9 nitrogen and oxygen atoms in total. The highest BCUT2D eigenvalue weighted by atomic mass is 19.4. The summed E-state index contributed by atoms with van der Waals surface area (Å²) in [5.74, 6) is -1.89. The number of carbonyl (C=O) groups is 3. The lowest BCUT2D eigenvalue weighted by Crippen LogP contribution is -2.47. The first-order chi connectivity index (χ1) is 20.5. The lowest BCUT2D eigenvalue weighted by atomic mass is 9.94. The maximum Gasteiger partial charge on any atom is 0.417 e. The molecular weight excluding hydrogens is 568 g/mol. The van der Waals surface area contributed by atoms with Crippen molar-refractivity contribution in [3.63, 3.8) is 0 Å². The number of anilines is 2. The number of halogens is 4. The second-order valence-electron chi connectivity index (χ2n) is 10.5. The second-order valence-corrected chi connectivity index (χ2v) is 10.5. The molecule has 2 N–H and O–H groups in total. The van der Waals surface area contributed by atoms with Crippen molar-refractivity contribution in [3.05, 3.63) is 88.9 Å². The standard InChI is InChI=1S/C30H22F4N6O3/c31-24-13-22(7-4-19(24)15-36-26(41)17-5-8-25-20(11-17)16-37-38-25)40-28(43)39(27(42)29(40)9-1-2-10-29)21-6-3-18(14-35)23(12-21)30(32,33)34/h3-8,11-13,16H,1-2,9-10,15H2,(H,36,41)(H,37,38). The van der Waals surface area contributed by atoms with Crippen molar-refractivity contribution >= 4 is 40.1 Å². The van der Waals surface area contributed by atoms with Gasteiger partial charge < -0.3 is 5.32 Å². The quantitative estimate of drug-likeness (QED) is 0.225. The Hall–Kier alpha value is -5.25. The van der Waals surface area contributed by atoms with Gasteiger partial charge in [-0.05, 0) is 61.4 Å². The molecule has 0 bridgehead atoms. The third-order valence-electron chi connectivity index (χ3n) is 7.97. The third-order valence-corrected chi connectivity index (χ3v) is 7.97. The van der Waals surface area contributed by atoms with Gasteiger partial charge in [0.2, 0.25) is 0 Å². The van der Waals surface area contributed by atoms with Gasteiger partial charge in [0.1, 0.15) is 11.4 Å². The van der Waals surface area contributed by atoms with E-state index in [2.05, 4.69) is 15.5 Å². The van der Waals surface area contributed by atoms with Crippen molar-refractivity contribution in [3.8, 4) is 6.07 Å². The number of alkyl halides is 3. The average molecular weight is 591 g/mol. The molecule has 3 aromatic carbocycles. The van der Waals surface area contributed by atoms with Crippen molar-refractivity contribution in [2.24, 2.45) is 0 Å². The van der Waals surface area contributed by atoms with Crippen LogP contribution in [0, 0.1) is 17.1 Å². The number of imide groups is 1. The summed E-state index contributed by atoms with van der Waals surface area (Å²) in [5, 5.41) is 19.2. The molecule has 1 spiro atoms. The fourth-order valence-electron chi connectivity index (χ4n) is 5.84. The molecule has 4 amide bonds. The molecule has 13 heteroatoms. The lowest BCUT2D eigenvalue weighted by Gasteiger charge is -2.31. The largest absolute Gasteiger partial charge is 0.417 e. The Morgan fingerprint density at radius 3 is 2.49 bits per heavy atom. The number of nitrogens with one attached hydrogen (secondary N) is 2. The van der Waals surface area contributed by atoms with Crippen LogP contribution in [0.5, 0.6) is 0 Å². The number of urea groups is 1. The van der Waals surface area contributed by atoms with Crippen LogP contribution in [-0.4, -0.2) is 33.6 Å². The smallest absolute Gasteiger partial charge is 0.348 e. The number of amides is 4. The zero-order valence-corrected chi connectivity index (χ0v) is 22.3. The van der Waals surface area contributed by atoms with Crippen LogP contribution in [0.15, 0.2) is 60.8 Å². The van der Waals surface area contributed by atoms with E-state index in [1.54, 1.807) is 24.4 Å². The number of nitriles is 1. The molecule has 6 rings (SSSR count). The fourth-order valence-corrected chi connectivity index (χ4v) is 5.84. The van der Waals surface area contributed by atoms with Gasteiger partial charge in [-0.25, -0.2) is 14.1 Å². The molecule has 4 aromatic rings. The first-order valence-corrected chi connectivity index (χ1v) is 13.3. The van der Waals surface area contributed by atoms with Gasteiger partial charge in [-0.2, -0.15) is 23.5 Å². The summed E-state index contributed by atoms with van der Waals surface area (Å²) in [7, 11) is 0. The van der Waals surface area contributed by atoms with E-state index in [0.29, 0.717) is 29.4 Å². The summed E-state index contributed by atoms with van der Waals surface area (Å²) >= 11 is 0. The van der Waals surface area contributed by atoms with Gasteiger partial charge in [0.15, 0.2) is 0 Å². The molecule has 0 unspecified atom stereocenters. The van der Waals surface area contributed by atoms with Gasteiger partial charge in [-0.3, -0.25) is 19.6 Å². The summed E-state index contributed by atoms with van der Waals surface area (Å²) < 4.78 is 56.3. The Kier molecular flexibility index (Phi) is 6.64. The molecule has 218 valence electrons. The molecular formula is C30H22F4N6O3. The van der Waals surface area contributed by atoms with Gasteiger partial charge in [0, 0.05) is 28.7 Å². The number of nitrogens with zero attached hydrogens (tertiary/aromatic N) is 4. The number of benzene rings is 3. The predicted molar refractivity (Wildman–Crippen MR) is 146 cm³/mol. The van der Waals surface area contributed by atoms with Crippen LogP contribution in [0.2, 0.25) is 0 Å². The highest BCUT2D eigenvalue weighted by Gasteiger charge is 2.59. The van der Waals surface area contributed by atoms with Crippen LogP contribution in [0.3, 0.4) is 0 Å². The Bertz CT molecular complexity index is 1840. The SMILES string of the molecule is N#Cc1ccc(N2C(=O)N(c3ccc(CNC(=O)c4ccc5[nH]ncc5c4)c(F)c3)C3(CCCC3)C2=O)cc1C(F)(F)F. The number of H-pyrrole nitrogens is 1. The highest BCUT2D eigenvalue weighted by molar-refractivity contribution is 6.30. The van der Waals surface area contributed by atoms with Crippen LogP contribution in [0.4, 0.5) is 33.7 Å². The summed E-state index contributed by atoms with van der Waals surface area (Å²) in [6.45, 7) is -0.163. The van der Waals surface area contributed by atoms with E-state index in [0.717, 1.165) is 34.0 Å². The van der Waals surface area contributed by atoms with E-state index >= 15 is 4.39 Å². The molecule has 1 aliphatic carbocycles. The van der Waals surface area contributed by atoms with Crippen molar-refractivity contribution in [2.45, 2.75) is 43.9 Å². The molecule has 1 aromatic heterocycles. The highest BCUT2D eigenvalue weighted by Crippen LogP contribution is 2.46. The first kappa shape index (κ1) is 27.9. The number of hydrogen-bond donors (Lipinski definition) is 2. The first-order valence-electron chi connectivity index (χ1n) is 13.3. The minimum absolute atomic E-state index is 0.0606. The van der Waals surface area contributed by atoms with Crippen LogP contribution in [0.25, 0.3) is 10.9 Å². The fraction of sp³-hybridized carbons (Fsp3) is 0.233. The van der Waals surface area contributed by atoms with Crippen molar-refractivity contribution in [1.82, 2.24) is 15.5 Å². The number of aromatic nitrogens is 2. The Labute approximate surface area is 241 Å². The van der Waals surface area contributed by atoms with Crippen LogP contribution in [-0.2, 0) is 17.5 Å². The summed E-state index contributed by atoms with van der Waals surface area (Å²) in [4.78, 5) is 42.0. The maximum absolute atomic E-state index is 15.4. The minimum atomic E-state index is -4.89. The molecule has 1 saturated carbocycles. The average Bonchev–Trinajstić information content (AvgIpc) is 3.70. The number of hydrogen-bond acceptors (Lipinski definition) is 5. The number of aromatic amines is 1. The van der Waals surface area contributed by atoms with Gasteiger partial charge in [-0.1, -0.05) is 18.9 Å². The van der Waals surface area contributed by atoms with E-state index in [9.17, 15) is 27.6 Å². The van der Waals surface area contributed by atoms with E-state index in [-0.39, 0.29) is 36.3 Å². The van der Waals surface area contributed by atoms with E-state index in [4.69, 9.17) is 5.26 Å². The molecule has 2 fully saturated rings. The van der Waals surface area contributed by atoms with Crippen LogP contribution >= 0.6 is 0 Å². The molecule has 0 radical (unpaired) electrons. The van der Waals surface area contributed by atoms with Gasteiger partial charge in [0.05, 0.1) is 34.6 Å². The molecule has 2 heterocycles. The molecule has 1 saturated heterocycles. The second kappa shape index (κ2) is 10.2. The van der Waals surface area contributed by atoms with Gasteiger partial charge in [0.25, 0.3) is 11.8 Å². The normalized spacial score (nSPS) is 16.3. The Morgan fingerprint density at radius 2 is 1.79 bits per heavy atom. The Balaban J connectivity index is 1.28. The summed E-state index contributed by atoms with van der Waals surface area (Å²) in [5.41, 5.74) is -2.34. The third kappa shape index (κ3) is 4.64. The molecule has 0 atom stereocenters. The van der Waals surface area contributed by atoms with E-state index in [1.165, 1.54) is 18.2 Å². The number of fused-ring (bicyclic) bond motifs is 1. The van der Waals surface area contributed by atoms with E-state index < -0.39 is 46.5 Å². The summed E-state index contributed by atoms with van der Waals surface area (Å²) in [6.07, 6.45) is -1.65. The van der Waals surface area contributed by atoms with Gasteiger partial charge in [-0.15, -0.1) is 0 Å². The van der Waals surface area contributed by atoms with Crippen LogP contribution < -0.4 is 15.1 Å². The molecule has 1 aliphatic heterocycles. The summed E-state index contributed by atoms with van der Waals surface area (Å²) in [6, 6.07) is 12.0. The zero-order chi connectivity index (χ0) is 30.5. The monoisotopic (exact) mass is 590 g/mol. The molecule has 2 aliphatic rings. The van der Waals surface area contributed by atoms with E-state index in [1.807, 2.05) is 0 Å². The zero-order valence-electron chi connectivity index (χ0n) is 22.3. The topological polar surface area (TPSA) is 122 Å². The predicted octanol–water partition coefficient (Wildman–Crippen LogP) is 5.81. The van der Waals surface area contributed by atoms with Crippen molar-refractivity contribution in [2.75, 3.05) is 9.80 Å². The number of rotatable bonds is 5. The molecule has 43 heavy (non-hydrogen) atoms. The Morgan fingerprint density at radius 1 is 1.05 bits per heavy atom. The number of carbonyl (C=O) groups excluding carboxylic acids is 3. The van der Waals surface area contributed by atoms with Gasteiger partial charge >= 0.3 is 12.2 Å². The minimum Gasteiger partial charge on any atom is -0.348 e. The van der Waals surface area contributed by atoms with Crippen LogP contribution in [0.1, 0.15) is 52.7 Å².